The van der Waals surface area contributed by atoms with E-state index in [1.165, 1.54) is 6.07 Å². The van der Waals surface area contributed by atoms with Crippen LogP contribution in [0, 0.1) is 6.92 Å². The Morgan fingerprint density at radius 2 is 1.62 bits per heavy atom. The summed E-state index contributed by atoms with van der Waals surface area (Å²) < 4.78 is 4.98. The average Bonchev–Trinajstić information content (AvgIpc) is 2.47. The highest BCUT2D eigenvalue weighted by Crippen LogP contribution is 2.24. The summed E-state index contributed by atoms with van der Waals surface area (Å²) in [5, 5.41) is -0.602. The Morgan fingerprint density at radius 1 is 1.00 bits per heavy atom. The molecule has 0 bridgehead atoms. The largest absolute Gasteiger partial charge is 0.462 e. The molecule has 2 rings (SSSR count). The molecule has 0 fully saturated rings. The lowest BCUT2D eigenvalue weighted by Crippen LogP contribution is -2.06. The van der Waals surface area contributed by atoms with Crippen LogP contribution in [0.1, 0.15) is 33.2 Å². The normalized spacial score (nSPS) is 10.2. The fourth-order valence-electron chi connectivity index (χ4n) is 1.99. The van der Waals surface area contributed by atoms with Crippen LogP contribution in [-0.2, 0) is 4.74 Å². The molecule has 0 spiro atoms. The highest BCUT2D eigenvalue weighted by atomic mass is 35.5. The van der Waals surface area contributed by atoms with Crippen molar-refractivity contribution in [2.24, 2.45) is 0 Å². The molecule has 0 aromatic heterocycles. The molecule has 0 atom stereocenters. The summed E-state index contributed by atoms with van der Waals surface area (Å²) in [6.45, 7) is 4.00. The topological polar surface area (TPSA) is 43.4 Å². The number of hydrogen-bond acceptors (Lipinski definition) is 3. The SMILES string of the molecule is CCOC(=O)c1cc(C(=O)Cl)cc(-c2ccc(C)cc2)c1. The third-order valence-electron chi connectivity index (χ3n) is 3.06. The summed E-state index contributed by atoms with van der Waals surface area (Å²) in [6.07, 6.45) is 0. The van der Waals surface area contributed by atoms with Gasteiger partial charge < -0.3 is 4.74 Å². The van der Waals surface area contributed by atoms with Gasteiger partial charge in [-0.1, -0.05) is 29.8 Å². The van der Waals surface area contributed by atoms with Crippen molar-refractivity contribution in [2.75, 3.05) is 6.61 Å². The Bertz CT molecular complexity index is 675. The molecule has 0 unspecified atom stereocenters. The van der Waals surface area contributed by atoms with E-state index < -0.39 is 11.2 Å². The van der Waals surface area contributed by atoms with Crippen LogP contribution in [0.2, 0.25) is 0 Å². The van der Waals surface area contributed by atoms with Crippen molar-refractivity contribution in [2.45, 2.75) is 13.8 Å². The maximum Gasteiger partial charge on any atom is 0.338 e. The van der Waals surface area contributed by atoms with Gasteiger partial charge in [-0.15, -0.1) is 0 Å². The molecule has 0 aliphatic rings. The lowest BCUT2D eigenvalue weighted by molar-refractivity contribution is 0.0526. The number of carbonyl (C=O) groups excluding carboxylic acids is 2. The second-order valence-corrected chi connectivity index (χ2v) is 5.00. The predicted molar refractivity (Wildman–Crippen MR) is 82.8 cm³/mol. The van der Waals surface area contributed by atoms with E-state index in [-0.39, 0.29) is 12.2 Å². The molecule has 0 aliphatic carbocycles. The molecular weight excluding hydrogens is 288 g/mol. The number of halogens is 1. The van der Waals surface area contributed by atoms with E-state index in [9.17, 15) is 9.59 Å². The summed E-state index contributed by atoms with van der Waals surface area (Å²) in [5.41, 5.74) is 3.39. The minimum absolute atomic E-state index is 0.276. The minimum Gasteiger partial charge on any atom is -0.462 e. The summed E-state index contributed by atoms with van der Waals surface area (Å²) in [7, 11) is 0. The van der Waals surface area contributed by atoms with Gasteiger partial charge in [0.15, 0.2) is 0 Å². The van der Waals surface area contributed by atoms with Crippen molar-refractivity contribution >= 4 is 22.8 Å². The Morgan fingerprint density at radius 3 is 2.19 bits per heavy atom. The smallest absolute Gasteiger partial charge is 0.338 e. The molecule has 0 saturated carbocycles. The maximum absolute atomic E-state index is 11.9. The van der Waals surface area contributed by atoms with Gasteiger partial charge in [0.05, 0.1) is 12.2 Å². The first kappa shape index (κ1) is 15.3. The van der Waals surface area contributed by atoms with Crippen LogP contribution in [0.4, 0.5) is 0 Å². The van der Waals surface area contributed by atoms with Gasteiger partial charge in [-0.3, -0.25) is 4.79 Å². The second-order valence-electron chi connectivity index (χ2n) is 4.66. The van der Waals surface area contributed by atoms with Gasteiger partial charge in [0.1, 0.15) is 0 Å². The highest BCUT2D eigenvalue weighted by Gasteiger charge is 2.13. The molecule has 3 nitrogen and oxygen atoms in total. The number of hydrogen-bond donors (Lipinski definition) is 0. The predicted octanol–water partition coefficient (Wildman–Crippen LogP) is 4.22. The maximum atomic E-state index is 11.9. The van der Waals surface area contributed by atoms with Gasteiger partial charge in [-0.2, -0.15) is 0 Å². The van der Waals surface area contributed by atoms with Gasteiger partial charge >= 0.3 is 5.97 Å². The molecule has 0 heterocycles. The molecule has 4 heteroatoms. The Labute approximate surface area is 128 Å². The molecule has 0 amide bonds. The van der Waals surface area contributed by atoms with Crippen LogP contribution in [0.25, 0.3) is 11.1 Å². The number of rotatable bonds is 4. The fraction of sp³-hybridized carbons (Fsp3) is 0.176. The zero-order chi connectivity index (χ0) is 15.4. The number of esters is 1. The molecule has 2 aromatic carbocycles. The monoisotopic (exact) mass is 302 g/mol. The fourth-order valence-corrected chi connectivity index (χ4v) is 2.10. The minimum atomic E-state index is -0.602. The summed E-state index contributed by atoms with van der Waals surface area (Å²) >= 11 is 5.55. The van der Waals surface area contributed by atoms with E-state index in [1.54, 1.807) is 19.1 Å². The number of benzene rings is 2. The van der Waals surface area contributed by atoms with Crippen molar-refractivity contribution in [3.05, 3.63) is 59.2 Å². The van der Waals surface area contributed by atoms with Crippen LogP contribution in [0.5, 0.6) is 0 Å². The molecule has 0 N–H and O–H groups in total. The molecule has 0 saturated heterocycles. The van der Waals surface area contributed by atoms with Gasteiger partial charge in [0.25, 0.3) is 5.24 Å². The zero-order valence-electron chi connectivity index (χ0n) is 11.9. The van der Waals surface area contributed by atoms with E-state index >= 15 is 0 Å². The van der Waals surface area contributed by atoms with Crippen molar-refractivity contribution in [1.29, 1.82) is 0 Å². The first-order chi connectivity index (χ1) is 10.0. The number of carbonyl (C=O) groups is 2. The highest BCUT2D eigenvalue weighted by molar-refractivity contribution is 6.67. The van der Waals surface area contributed by atoms with Crippen molar-refractivity contribution in [1.82, 2.24) is 0 Å². The number of ether oxygens (including phenoxy) is 1. The van der Waals surface area contributed by atoms with Crippen LogP contribution in [-0.4, -0.2) is 17.8 Å². The van der Waals surface area contributed by atoms with Crippen LogP contribution in [0.3, 0.4) is 0 Å². The standard InChI is InChI=1S/C17H15ClO3/c1-3-21-17(20)15-9-13(8-14(10-15)16(18)19)12-6-4-11(2)5-7-12/h4-10H,3H2,1-2H3. The van der Waals surface area contributed by atoms with Gasteiger partial charge in [0.2, 0.25) is 0 Å². The molecule has 2 aromatic rings. The van der Waals surface area contributed by atoms with Crippen molar-refractivity contribution < 1.29 is 14.3 Å². The first-order valence-electron chi connectivity index (χ1n) is 6.60. The molecule has 108 valence electrons. The molecular formula is C17H15ClO3. The Hall–Kier alpha value is -2.13. The lowest BCUT2D eigenvalue weighted by atomic mass is 9.99. The summed E-state index contributed by atoms with van der Waals surface area (Å²) in [4.78, 5) is 23.3. The van der Waals surface area contributed by atoms with E-state index in [2.05, 4.69) is 0 Å². The van der Waals surface area contributed by atoms with Gasteiger partial charge in [-0.25, -0.2) is 4.79 Å². The summed E-state index contributed by atoms with van der Waals surface area (Å²) in [5.74, 6) is -0.467. The average molecular weight is 303 g/mol. The van der Waals surface area contributed by atoms with E-state index in [0.717, 1.165) is 16.7 Å². The molecule has 0 aliphatic heterocycles. The summed E-state index contributed by atoms with van der Waals surface area (Å²) in [6, 6.07) is 12.6. The van der Waals surface area contributed by atoms with Crippen molar-refractivity contribution in [3.63, 3.8) is 0 Å². The van der Waals surface area contributed by atoms with Crippen molar-refractivity contribution in [3.8, 4) is 11.1 Å². The Kier molecular flexibility index (Phi) is 4.76. The Balaban J connectivity index is 2.52. The lowest BCUT2D eigenvalue weighted by Gasteiger charge is -2.08. The van der Waals surface area contributed by atoms with Crippen LogP contribution in [0.15, 0.2) is 42.5 Å². The van der Waals surface area contributed by atoms with E-state index in [1.807, 2.05) is 31.2 Å². The molecule has 0 radical (unpaired) electrons. The van der Waals surface area contributed by atoms with E-state index in [4.69, 9.17) is 16.3 Å². The number of aryl methyl sites for hydroxylation is 1. The quantitative estimate of drug-likeness (QED) is 0.627. The van der Waals surface area contributed by atoms with E-state index in [0.29, 0.717) is 5.56 Å². The molecule has 21 heavy (non-hydrogen) atoms. The van der Waals surface area contributed by atoms with Crippen LogP contribution < -0.4 is 0 Å². The third kappa shape index (κ3) is 3.70. The zero-order valence-corrected chi connectivity index (χ0v) is 12.6. The van der Waals surface area contributed by atoms with Gasteiger partial charge in [-0.05, 0) is 54.8 Å². The van der Waals surface area contributed by atoms with Gasteiger partial charge in [0, 0.05) is 5.56 Å². The van der Waals surface area contributed by atoms with Crippen LogP contribution >= 0.6 is 11.6 Å². The first-order valence-corrected chi connectivity index (χ1v) is 6.98. The third-order valence-corrected chi connectivity index (χ3v) is 3.27. The second kappa shape index (κ2) is 6.55.